The summed E-state index contributed by atoms with van der Waals surface area (Å²) in [6.07, 6.45) is 3.90. The Hall–Kier alpha value is -3.87. The Morgan fingerprint density at radius 2 is 2.10 bits per heavy atom. The molecule has 0 radical (unpaired) electrons. The Labute approximate surface area is 181 Å². The van der Waals surface area contributed by atoms with Crippen molar-refractivity contribution in [2.24, 2.45) is 0 Å². The average Bonchev–Trinajstić information content (AvgIpc) is 3.44. The largest absolute Gasteiger partial charge is 0.367 e. The quantitative estimate of drug-likeness (QED) is 0.426. The molecular weight excluding hydrogens is 393 g/mol. The van der Waals surface area contributed by atoms with Gasteiger partial charge in [-0.1, -0.05) is 12.1 Å². The fourth-order valence-electron chi connectivity index (χ4n) is 3.88. The molecule has 3 N–H and O–H groups in total. The fourth-order valence-corrected chi connectivity index (χ4v) is 3.88. The average molecular weight is 417 g/mol. The first-order valence-electron chi connectivity index (χ1n) is 11.0. The van der Waals surface area contributed by atoms with E-state index in [-0.39, 0.29) is 5.69 Å². The normalized spacial score (nSPS) is 14.2. The molecule has 0 spiro atoms. The number of nitrogens with zero attached hydrogens (tertiary/aromatic N) is 2. The molecule has 0 saturated carbocycles. The highest BCUT2D eigenvalue weighted by Crippen LogP contribution is 2.35. The predicted octanol–water partition coefficient (Wildman–Crippen LogP) is 5.22. The zero-order valence-corrected chi connectivity index (χ0v) is 16.9. The number of urea groups is 1. The topological polar surface area (TPSA) is 73.0 Å². The van der Waals surface area contributed by atoms with Gasteiger partial charge in [-0.05, 0) is 60.9 Å². The summed E-state index contributed by atoms with van der Waals surface area (Å²) in [5.74, 6) is -0.512. The van der Waals surface area contributed by atoms with E-state index in [1.165, 1.54) is 6.07 Å². The van der Waals surface area contributed by atoms with Crippen LogP contribution in [-0.4, -0.2) is 22.5 Å². The number of aromatic nitrogens is 2. The number of carbonyl (C=O) groups excluding carboxylic acids is 1. The Kier molecular flexibility index (Phi) is 4.22. The number of nitrogens with one attached hydrogen (secondary N) is 3. The van der Waals surface area contributed by atoms with Gasteiger partial charge in [-0.15, -0.1) is 0 Å². The van der Waals surface area contributed by atoms with Crippen molar-refractivity contribution in [2.75, 3.05) is 22.1 Å². The van der Waals surface area contributed by atoms with Gasteiger partial charge in [-0.2, -0.15) is 0 Å². The van der Waals surface area contributed by atoms with Gasteiger partial charge in [0.2, 0.25) is 0 Å². The summed E-state index contributed by atoms with van der Waals surface area (Å²) in [6.45, 7) is 0.475. The predicted molar refractivity (Wildman–Crippen MR) is 121 cm³/mol. The summed E-state index contributed by atoms with van der Waals surface area (Å²) in [4.78, 5) is 21.6. The van der Waals surface area contributed by atoms with E-state index in [1.54, 1.807) is 47.6 Å². The number of amides is 2. The zero-order valence-electron chi connectivity index (χ0n) is 18.9. The van der Waals surface area contributed by atoms with Gasteiger partial charge in [-0.25, -0.2) is 14.2 Å². The van der Waals surface area contributed by atoms with Crippen LogP contribution in [-0.2, 0) is 12.9 Å². The molecule has 6 nitrogen and oxygen atoms in total. The maximum absolute atomic E-state index is 14.0. The van der Waals surface area contributed by atoms with Gasteiger partial charge < -0.3 is 20.5 Å². The number of benzene rings is 2. The molecule has 0 atom stereocenters. The van der Waals surface area contributed by atoms with E-state index >= 15 is 0 Å². The van der Waals surface area contributed by atoms with Gasteiger partial charge in [0.05, 0.1) is 8.43 Å². The van der Waals surface area contributed by atoms with Crippen molar-refractivity contribution in [1.82, 2.24) is 9.97 Å². The number of anilines is 3. The molecule has 156 valence electrons. The van der Waals surface area contributed by atoms with Crippen LogP contribution in [0.5, 0.6) is 0 Å². The minimum atomic E-state index is -1.79. The SMILES string of the molecule is [2H]C([2H])(c1ccnc2[nH]ccc12)N1CCc2c(NC(=O)Nc3cc(C)ccc3F)cccc21. The molecule has 2 aromatic carbocycles. The van der Waals surface area contributed by atoms with Crippen molar-refractivity contribution in [1.29, 1.82) is 0 Å². The monoisotopic (exact) mass is 417 g/mol. The van der Waals surface area contributed by atoms with Gasteiger partial charge in [-0.3, -0.25) is 0 Å². The Balaban J connectivity index is 1.42. The molecule has 31 heavy (non-hydrogen) atoms. The summed E-state index contributed by atoms with van der Waals surface area (Å²) < 4.78 is 31.9. The van der Waals surface area contributed by atoms with Crippen molar-refractivity contribution in [2.45, 2.75) is 19.8 Å². The number of pyridine rings is 1. The highest BCUT2D eigenvalue weighted by Gasteiger charge is 2.23. The van der Waals surface area contributed by atoms with E-state index in [1.807, 2.05) is 19.1 Å². The zero-order chi connectivity index (χ0) is 23.2. The molecule has 2 amide bonds. The smallest absolute Gasteiger partial charge is 0.323 e. The number of halogens is 1. The first kappa shape index (κ1) is 16.9. The lowest BCUT2D eigenvalue weighted by Gasteiger charge is -2.20. The van der Waals surface area contributed by atoms with Crippen LogP contribution in [0.15, 0.2) is 60.9 Å². The third kappa shape index (κ3) is 3.70. The first-order chi connectivity index (χ1) is 15.8. The molecule has 7 heteroatoms. The summed E-state index contributed by atoms with van der Waals surface area (Å²) in [6, 6.07) is 12.9. The third-order valence-corrected chi connectivity index (χ3v) is 5.36. The number of aromatic amines is 1. The van der Waals surface area contributed by atoms with E-state index in [0.717, 1.165) is 16.5 Å². The number of hydrogen-bond acceptors (Lipinski definition) is 3. The van der Waals surface area contributed by atoms with Gasteiger partial charge in [0, 0.05) is 47.8 Å². The van der Waals surface area contributed by atoms with Crippen molar-refractivity contribution in [3.63, 3.8) is 0 Å². The number of H-pyrrole nitrogens is 1. The Bertz CT molecular complexity index is 1370. The van der Waals surface area contributed by atoms with Crippen LogP contribution in [0.1, 0.15) is 19.4 Å². The number of fused-ring (bicyclic) bond motifs is 2. The highest BCUT2D eigenvalue weighted by atomic mass is 19.1. The van der Waals surface area contributed by atoms with Gasteiger partial charge in [0.25, 0.3) is 0 Å². The van der Waals surface area contributed by atoms with Crippen molar-refractivity contribution in [3.8, 4) is 0 Å². The van der Waals surface area contributed by atoms with E-state index in [0.29, 0.717) is 35.6 Å². The lowest BCUT2D eigenvalue weighted by Crippen LogP contribution is -2.21. The van der Waals surface area contributed by atoms with Crippen molar-refractivity contribution >= 4 is 34.1 Å². The summed E-state index contributed by atoms with van der Waals surface area (Å²) in [7, 11) is 0. The van der Waals surface area contributed by atoms with Crippen LogP contribution in [0.2, 0.25) is 0 Å². The fraction of sp³-hybridized carbons (Fsp3) is 0.167. The van der Waals surface area contributed by atoms with Crippen LogP contribution in [0, 0.1) is 12.7 Å². The molecule has 0 unspecified atom stereocenters. The molecule has 2 aromatic heterocycles. The molecule has 1 aliphatic rings. The minimum absolute atomic E-state index is 0.103. The Morgan fingerprint density at radius 3 is 3.00 bits per heavy atom. The highest BCUT2D eigenvalue weighted by molar-refractivity contribution is 6.01. The molecule has 0 bridgehead atoms. The molecule has 0 fully saturated rings. The van der Waals surface area contributed by atoms with Crippen LogP contribution in [0.25, 0.3) is 11.0 Å². The van der Waals surface area contributed by atoms with Gasteiger partial charge in [0.1, 0.15) is 11.5 Å². The number of carbonyl (C=O) groups is 1. The molecule has 0 saturated heterocycles. The van der Waals surface area contributed by atoms with Crippen LogP contribution < -0.4 is 15.5 Å². The minimum Gasteiger partial charge on any atom is -0.367 e. The molecule has 4 aromatic rings. The number of aryl methyl sites for hydroxylation is 1. The summed E-state index contributed by atoms with van der Waals surface area (Å²) in [5.41, 5.74) is 4.20. The summed E-state index contributed by atoms with van der Waals surface area (Å²) in [5, 5.41) is 6.07. The van der Waals surface area contributed by atoms with E-state index in [2.05, 4.69) is 20.6 Å². The first-order valence-corrected chi connectivity index (χ1v) is 10.0. The third-order valence-electron chi connectivity index (χ3n) is 5.36. The second-order valence-corrected chi connectivity index (χ2v) is 7.48. The molecule has 5 rings (SSSR count). The van der Waals surface area contributed by atoms with Crippen molar-refractivity contribution in [3.05, 3.63) is 83.4 Å². The summed E-state index contributed by atoms with van der Waals surface area (Å²) >= 11 is 0. The Morgan fingerprint density at radius 1 is 1.23 bits per heavy atom. The van der Waals surface area contributed by atoms with E-state index in [9.17, 15) is 9.18 Å². The number of rotatable bonds is 4. The molecule has 1 aliphatic heterocycles. The maximum atomic E-state index is 14.0. The van der Waals surface area contributed by atoms with E-state index in [4.69, 9.17) is 2.74 Å². The van der Waals surface area contributed by atoms with Crippen LogP contribution in [0.3, 0.4) is 0 Å². The van der Waals surface area contributed by atoms with Gasteiger partial charge >= 0.3 is 6.03 Å². The van der Waals surface area contributed by atoms with E-state index < -0.39 is 18.3 Å². The second kappa shape index (κ2) is 7.75. The van der Waals surface area contributed by atoms with Crippen LogP contribution in [0.4, 0.5) is 26.2 Å². The lowest BCUT2D eigenvalue weighted by atomic mass is 10.1. The maximum Gasteiger partial charge on any atom is 0.323 e. The van der Waals surface area contributed by atoms with Crippen LogP contribution >= 0.6 is 0 Å². The van der Waals surface area contributed by atoms with Crippen molar-refractivity contribution < 1.29 is 11.9 Å². The molecule has 0 aliphatic carbocycles. The second-order valence-electron chi connectivity index (χ2n) is 7.48. The standard InChI is InChI=1S/C24H22FN5O/c1-15-5-6-19(25)21(13-15)29-24(31)28-20-3-2-4-22-18(20)9-12-30(22)14-16-7-10-26-23-17(16)8-11-27-23/h2-8,10-11,13H,9,12,14H2,1H3,(H,26,27)(H2,28,29,31)/i14D2. The molecule has 3 heterocycles. The van der Waals surface area contributed by atoms with Gasteiger partial charge in [0.15, 0.2) is 0 Å². The molecular formula is C24H22FN5O. The lowest BCUT2D eigenvalue weighted by molar-refractivity contribution is 0.262. The number of hydrogen-bond donors (Lipinski definition) is 3.